The molecule has 0 aliphatic heterocycles. The van der Waals surface area contributed by atoms with Gasteiger partial charge in [-0.25, -0.2) is 0 Å². The molecule has 3 rings (SSSR count). The summed E-state index contributed by atoms with van der Waals surface area (Å²) in [6.07, 6.45) is 8.28. The molecule has 1 aromatic carbocycles. The number of hydrogen-bond acceptors (Lipinski definition) is 4. The van der Waals surface area contributed by atoms with E-state index in [1.807, 2.05) is 19.2 Å². The van der Waals surface area contributed by atoms with Gasteiger partial charge in [-0.1, -0.05) is 43.5 Å². The molecule has 0 saturated heterocycles. The van der Waals surface area contributed by atoms with Gasteiger partial charge in [0.1, 0.15) is 0 Å². The summed E-state index contributed by atoms with van der Waals surface area (Å²) < 4.78 is 5.39. The minimum Gasteiger partial charge on any atom is -0.354 e. The molecular weight excluding hydrogens is 453 g/mol. The highest BCUT2D eigenvalue weighted by Gasteiger charge is 2.14. The summed E-state index contributed by atoms with van der Waals surface area (Å²) in [5.41, 5.74) is 2.11. The lowest BCUT2D eigenvalue weighted by molar-refractivity contribution is 0.410. The molecule has 1 fully saturated rings. The van der Waals surface area contributed by atoms with Gasteiger partial charge in [0, 0.05) is 31.6 Å². The first-order valence-corrected chi connectivity index (χ1v) is 9.67. The average Bonchev–Trinajstić information content (AvgIpc) is 3.15. The summed E-state index contributed by atoms with van der Waals surface area (Å²) in [5.74, 6) is 2.22. The van der Waals surface area contributed by atoms with Gasteiger partial charge < -0.3 is 15.2 Å². The number of halogens is 1. The van der Waals surface area contributed by atoms with Crippen LogP contribution in [0.1, 0.15) is 56.8 Å². The van der Waals surface area contributed by atoms with Crippen LogP contribution in [-0.4, -0.2) is 29.2 Å². The smallest absolute Gasteiger partial charge is 0.257 e. The zero-order valence-corrected chi connectivity index (χ0v) is 18.5. The van der Waals surface area contributed by atoms with Crippen LogP contribution in [0.25, 0.3) is 11.5 Å². The molecule has 148 valence electrons. The zero-order valence-electron chi connectivity index (χ0n) is 16.2. The Hall–Kier alpha value is -1.64. The number of rotatable bonds is 6. The maximum absolute atomic E-state index is 5.39. The molecule has 0 spiro atoms. The van der Waals surface area contributed by atoms with Crippen molar-refractivity contribution in [1.29, 1.82) is 0 Å². The molecule has 0 bridgehead atoms. The number of nitrogens with zero attached hydrogens (tertiary/aromatic N) is 3. The van der Waals surface area contributed by atoms with Crippen LogP contribution in [0, 0.1) is 0 Å². The molecule has 0 radical (unpaired) electrons. The second kappa shape index (κ2) is 11.3. The van der Waals surface area contributed by atoms with E-state index in [4.69, 9.17) is 4.52 Å². The van der Waals surface area contributed by atoms with E-state index in [0.29, 0.717) is 18.5 Å². The van der Waals surface area contributed by atoms with E-state index < -0.39 is 0 Å². The first-order chi connectivity index (χ1) is 12.8. The molecule has 0 atom stereocenters. The van der Waals surface area contributed by atoms with Gasteiger partial charge in [0.2, 0.25) is 0 Å². The fourth-order valence-corrected chi connectivity index (χ4v) is 3.33. The van der Waals surface area contributed by atoms with Crippen molar-refractivity contribution in [2.45, 2.75) is 64.5 Å². The monoisotopic (exact) mass is 483 g/mol. The van der Waals surface area contributed by atoms with Gasteiger partial charge in [-0.05, 0) is 37.0 Å². The summed E-state index contributed by atoms with van der Waals surface area (Å²) in [6.45, 7) is 2.81. The highest BCUT2D eigenvalue weighted by atomic mass is 127. The van der Waals surface area contributed by atoms with Crippen molar-refractivity contribution in [2.24, 2.45) is 4.99 Å². The fraction of sp³-hybridized carbons (Fsp3) is 0.550. The Morgan fingerprint density at radius 3 is 2.81 bits per heavy atom. The van der Waals surface area contributed by atoms with E-state index >= 15 is 0 Å². The third-order valence-corrected chi connectivity index (χ3v) is 4.75. The molecule has 1 aliphatic rings. The van der Waals surface area contributed by atoms with Crippen molar-refractivity contribution >= 4 is 29.9 Å². The average molecular weight is 483 g/mol. The molecule has 7 heteroatoms. The van der Waals surface area contributed by atoms with Gasteiger partial charge in [0.25, 0.3) is 5.89 Å². The number of nitrogens with one attached hydrogen (secondary N) is 2. The van der Waals surface area contributed by atoms with Gasteiger partial charge in [-0.15, -0.1) is 24.0 Å². The number of guanidine groups is 1. The number of benzene rings is 1. The Morgan fingerprint density at radius 1 is 1.26 bits per heavy atom. The lowest BCUT2D eigenvalue weighted by Gasteiger charge is -2.24. The van der Waals surface area contributed by atoms with Crippen LogP contribution in [0.2, 0.25) is 0 Å². The number of aliphatic imine (C=N–C) groups is 1. The van der Waals surface area contributed by atoms with Crippen LogP contribution in [-0.2, 0) is 13.0 Å². The van der Waals surface area contributed by atoms with E-state index in [9.17, 15) is 0 Å². The summed E-state index contributed by atoms with van der Waals surface area (Å²) in [7, 11) is 1.82. The van der Waals surface area contributed by atoms with Crippen molar-refractivity contribution < 1.29 is 4.52 Å². The summed E-state index contributed by atoms with van der Waals surface area (Å²) >= 11 is 0. The van der Waals surface area contributed by atoms with Crippen molar-refractivity contribution in [3.63, 3.8) is 0 Å². The van der Waals surface area contributed by atoms with Gasteiger partial charge in [0.05, 0.1) is 0 Å². The highest BCUT2D eigenvalue weighted by molar-refractivity contribution is 14.0. The van der Waals surface area contributed by atoms with Crippen LogP contribution in [0.5, 0.6) is 0 Å². The molecule has 2 N–H and O–H groups in total. The third kappa shape index (κ3) is 6.48. The molecule has 6 nitrogen and oxygen atoms in total. The number of aryl methyl sites for hydroxylation is 1. The predicted octanol–water partition coefficient (Wildman–Crippen LogP) is 4.30. The van der Waals surface area contributed by atoms with E-state index in [2.05, 4.69) is 44.8 Å². The van der Waals surface area contributed by atoms with Crippen LogP contribution in [0.15, 0.2) is 33.8 Å². The van der Waals surface area contributed by atoms with Gasteiger partial charge in [-0.3, -0.25) is 4.99 Å². The second-order valence-corrected chi connectivity index (χ2v) is 6.87. The van der Waals surface area contributed by atoms with E-state index in [-0.39, 0.29) is 24.0 Å². The molecule has 1 aromatic heterocycles. The lowest BCUT2D eigenvalue weighted by Crippen LogP contribution is -2.43. The Morgan fingerprint density at radius 2 is 2.07 bits per heavy atom. The number of hydrogen-bond donors (Lipinski definition) is 2. The molecular formula is C20H30IN5O. The van der Waals surface area contributed by atoms with Crippen LogP contribution in [0.4, 0.5) is 0 Å². The van der Waals surface area contributed by atoms with Crippen molar-refractivity contribution in [2.75, 3.05) is 7.05 Å². The highest BCUT2D eigenvalue weighted by Crippen LogP contribution is 2.19. The fourth-order valence-electron chi connectivity index (χ4n) is 3.33. The minimum absolute atomic E-state index is 0. The lowest BCUT2D eigenvalue weighted by atomic mass is 9.96. The molecule has 1 aliphatic carbocycles. The first-order valence-electron chi connectivity index (χ1n) is 9.67. The SMILES string of the molecule is CCCc1noc(-c2cccc(CNC(=NC)NC3CCCCC3)c2)n1.I. The molecule has 27 heavy (non-hydrogen) atoms. The van der Waals surface area contributed by atoms with Crippen molar-refractivity contribution in [1.82, 2.24) is 20.8 Å². The summed E-state index contributed by atoms with van der Waals surface area (Å²) in [4.78, 5) is 8.82. The maximum Gasteiger partial charge on any atom is 0.257 e. The van der Waals surface area contributed by atoms with Crippen LogP contribution in [0.3, 0.4) is 0 Å². The van der Waals surface area contributed by atoms with Gasteiger partial charge in [0.15, 0.2) is 11.8 Å². The van der Waals surface area contributed by atoms with E-state index in [0.717, 1.165) is 35.8 Å². The Labute approximate surface area is 178 Å². The number of aromatic nitrogens is 2. The molecule has 2 aromatic rings. The second-order valence-electron chi connectivity index (χ2n) is 6.87. The first kappa shape index (κ1) is 21.7. The Balaban J connectivity index is 0.00000261. The topological polar surface area (TPSA) is 75.3 Å². The predicted molar refractivity (Wildman–Crippen MR) is 119 cm³/mol. The van der Waals surface area contributed by atoms with Crippen molar-refractivity contribution in [3.8, 4) is 11.5 Å². The maximum atomic E-state index is 5.39. The van der Waals surface area contributed by atoms with Gasteiger partial charge in [-0.2, -0.15) is 4.98 Å². The van der Waals surface area contributed by atoms with Crippen LogP contribution >= 0.6 is 24.0 Å². The molecule has 1 saturated carbocycles. The quantitative estimate of drug-likeness (QED) is 0.364. The Bertz CT molecular complexity index is 725. The van der Waals surface area contributed by atoms with E-state index in [1.165, 1.54) is 32.1 Å². The standard InChI is InChI=1S/C20H29N5O.HI/c1-3-8-18-24-19(26-25-18)16-10-7-9-15(13-16)14-22-20(21-2)23-17-11-5-4-6-12-17;/h7,9-10,13,17H,3-6,8,11-12,14H2,1-2H3,(H2,21,22,23);1H. The molecule has 0 amide bonds. The normalized spacial score (nSPS) is 15.3. The van der Waals surface area contributed by atoms with Crippen LogP contribution < -0.4 is 10.6 Å². The molecule has 1 heterocycles. The Kier molecular flexibility index (Phi) is 9.03. The minimum atomic E-state index is 0. The van der Waals surface area contributed by atoms with Crippen molar-refractivity contribution in [3.05, 3.63) is 35.7 Å². The summed E-state index contributed by atoms with van der Waals surface area (Å²) in [6, 6.07) is 8.74. The summed E-state index contributed by atoms with van der Waals surface area (Å²) in [5, 5.41) is 11.0. The zero-order chi connectivity index (χ0) is 18.2. The largest absolute Gasteiger partial charge is 0.354 e. The molecule has 0 unspecified atom stereocenters. The van der Waals surface area contributed by atoms with Gasteiger partial charge >= 0.3 is 0 Å². The van der Waals surface area contributed by atoms with E-state index in [1.54, 1.807) is 0 Å². The third-order valence-electron chi connectivity index (χ3n) is 4.75.